The average molecular weight is 371 g/mol. The van der Waals surface area contributed by atoms with Gasteiger partial charge in [0, 0.05) is 5.92 Å². The predicted octanol–water partition coefficient (Wildman–Crippen LogP) is 2.64. The summed E-state index contributed by atoms with van der Waals surface area (Å²) in [5.74, 6) is -1.10. The number of hydrogen-bond acceptors (Lipinski definition) is 6. The lowest BCUT2D eigenvalue weighted by atomic mass is 10.1. The average Bonchev–Trinajstić information content (AvgIpc) is 3.02. The van der Waals surface area contributed by atoms with E-state index in [1.807, 2.05) is 13.8 Å². The number of hydrogen-bond donors (Lipinski definition) is 1. The lowest BCUT2D eigenvalue weighted by Crippen LogP contribution is -2.47. The summed E-state index contributed by atoms with van der Waals surface area (Å²) in [5.41, 5.74) is 1.75. The largest absolute Gasteiger partial charge is 0.449 e. The number of nitrogens with one attached hydrogen (secondary N) is 1. The number of rotatable bonds is 4. The number of para-hydroxylation sites is 2. The van der Waals surface area contributed by atoms with E-state index in [4.69, 9.17) is 9.26 Å². The van der Waals surface area contributed by atoms with Crippen LogP contribution in [0.4, 0.5) is 11.4 Å². The van der Waals surface area contributed by atoms with Crippen molar-refractivity contribution in [2.75, 3.05) is 16.8 Å². The number of aromatic nitrogens is 1. The third-order valence-electron chi connectivity index (χ3n) is 4.29. The van der Waals surface area contributed by atoms with Crippen molar-refractivity contribution in [3.63, 3.8) is 0 Å². The Morgan fingerprint density at radius 1 is 1.26 bits per heavy atom. The number of nitrogens with zero attached hydrogens (tertiary/aromatic N) is 2. The summed E-state index contributed by atoms with van der Waals surface area (Å²) in [6, 6.07) is 6.96. The molecule has 0 saturated heterocycles. The smallest absolute Gasteiger partial charge is 0.344 e. The molecule has 0 unspecified atom stereocenters. The van der Waals surface area contributed by atoms with Crippen LogP contribution in [0.15, 0.2) is 28.8 Å². The quantitative estimate of drug-likeness (QED) is 0.829. The van der Waals surface area contributed by atoms with Crippen LogP contribution in [0.1, 0.15) is 48.5 Å². The Hall–Kier alpha value is -3.16. The maximum atomic E-state index is 12.8. The number of carbonyl (C=O) groups excluding carboxylic acids is 3. The summed E-state index contributed by atoms with van der Waals surface area (Å²) in [6.45, 7) is 6.72. The van der Waals surface area contributed by atoms with Gasteiger partial charge in [0.1, 0.15) is 12.1 Å². The predicted molar refractivity (Wildman–Crippen MR) is 97.6 cm³/mol. The minimum absolute atomic E-state index is 0.0579. The van der Waals surface area contributed by atoms with Crippen LogP contribution in [0, 0.1) is 6.92 Å². The summed E-state index contributed by atoms with van der Waals surface area (Å²) in [7, 11) is 0. The number of ether oxygens (including phenoxy) is 1. The van der Waals surface area contributed by atoms with Gasteiger partial charge in [-0.1, -0.05) is 31.1 Å². The third kappa shape index (κ3) is 3.55. The minimum atomic E-state index is -1.08. The van der Waals surface area contributed by atoms with Crippen molar-refractivity contribution >= 4 is 29.2 Å². The molecule has 1 aromatic carbocycles. The van der Waals surface area contributed by atoms with Gasteiger partial charge in [-0.15, -0.1) is 0 Å². The molecule has 142 valence electrons. The molecule has 0 spiro atoms. The van der Waals surface area contributed by atoms with Gasteiger partial charge in [0.25, 0.3) is 5.91 Å². The Balaban J connectivity index is 1.80. The molecule has 2 aromatic rings. The first-order valence-electron chi connectivity index (χ1n) is 8.67. The van der Waals surface area contributed by atoms with Gasteiger partial charge in [-0.2, -0.15) is 0 Å². The highest BCUT2D eigenvalue weighted by molar-refractivity contribution is 6.11. The van der Waals surface area contributed by atoms with Gasteiger partial charge < -0.3 is 14.6 Å². The van der Waals surface area contributed by atoms with Gasteiger partial charge in [-0.3, -0.25) is 14.5 Å². The van der Waals surface area contributed by atoms with Gasteiger partial charge in [0.05, 0.1) is 17.1 Å². The molecular formula is C19H21N3O5. The van der Waals surface area contributed by atoms with Crippen LogP contribution >= 0.6 is 0 Å². The first kappa shape index (κ1) is 18.6. The normalized spacial score (nSPS) is 14.6. The van der Waals surface area contributed by atoms with E-state index in [0.717, 1.165) is 0 Å². The minimum Gasteiger partial charge on any atom is -0.449 e. The number of carbonyl (C=O) groups is 3. The lowest BCUT2D eigenvalue weighted by Gasteiger charge is -2.30. The van der Waals surface area contributed by atoms with Gasteiger partial charge in [-0.25, -0.2) is 4.79 Å². The van der Waals surface area contributed by atoms with Gasteiger partial charge in [-0.05, 0) is 26.0 Å². The van der Waals surface area contributed by atoms with Crippen LogP contribution in [-0.4, -0.2) is 35.6 Å². The second-order valence-corrected chi connectivity index (χ2v) is 6.70. The van der Waals surface area contributed by atoms with Crippen molar-refractivity contribution < 1.29 is 23.6 Å². The van der Waals surface area contributed by atoms with E-state index in [2.05, 4.69) is 10.5 Å². The number of anilines is 2. The zero-order valence-corrected chi connectivity index (χ0v) is 15.6. The molecule has 27 heavy (non-hydrogen) atoms. The maximum absolute atomic E-state index is 12.8. The van der Waals surface area contributed by atoms with E-state index in [1.54, 1.807) is 31.2 Å². The Bertz CT molecular complexity index is 903. The second kappa shape index (κ2) is 7.22. The van der Waals surface area contributed by atoms with E-state index in [1.165, 1.54) is 11.8 Å². The summed E-state index contributed by atoms with van der Waals surface area (Å²) >= 11 is 0. The molecule has 1 aliphatic heterocycles. The van der Waals surface area contributed by atoms with Gasteiger partial charge >= 0.3 is 5.97 Å². The number of benzene rings is 1. The molecule has 8 nitrogen and oxygen atoms in total. The Morgan fingerprint density at radius 3 is 2.67 bits per heavy atom. The van der Waals surface area contributed by atoms with Crippen LogP contribution < -0.4 is 10.2 Å². The fourth-order valence-electron chi connectivity index (χ4n) is 2.95. The van der Waals surface area contributed by atoms with Crippen molar-refractivity contribution in [2.45, 2.75) is 39.7 Å². The standard InChI is InChI=1S/C19H21N3O5/c1-10(2)17-16(11(3)21-27-17)19(25)26-12(4)18(24)22-9-15(23)20-13-7-5-6-8-14(13)22/h5-8,10,12H,9H2,1-4H3,(H,20,23)/t12-/m0/s1. The monoisotopic (exact) mass is 371 g/mol. The molecule has 0 bridgehead atoms. The zero-order valence-electron chi connectivity index (χ0n) is 15.6. The molecule has 1 aromatic heterocycles. The van der Waals surface area contributed by atoms with Gasteiger partial charge in [0.15, 0.2) is 11.9 Å². The van der Waals surface area contributed by atoms with E-state index >= 15 is 0 Å². The van der Waals surface area contributed by atoms with Gasteiger partial charge in [0.2, 0.25) is 5.91 Å². The lowest BCUT2D eigenvalue weighted by molar-refractivity contribution is -0.128. The molecule has 3 rings (SSSR count). The van der Waals surface area contributed by atoms with Crippen molar-refractivity contribution in [1.82, 2.24) is 5.16 Å². The Kier molecular flexibility index (Phi) is 4.98. The van der Waals surface area contributed by atoms with Crippen LogP contribution in [-0.2, 0) is 14.3 Å². The molecule has 1 N–H and O–H groups in total. The first-order chi connectivity index (χ1) is 12.8. The van der Waals surface area contributed by atoms with Crippen molar-refractivity contribution in [2.24, 2.45) is 0 Å². The third-order valence-corrected chi connectivity index (χ3v) is 4.29. The molecule has 0 aliphatic carbocycles. The number of aryl methyl sites for hydroxylation is 1. The molecule has 2 amide bonds. The fraction of sp³-hybridized carbons (Fsp3) is 0.368. The van der Waals surface area contributed by atoms with E-state index in [-0.39, 0.29) is 23.9 Å². The van der Waals surface area contributed by atoms with Crippen molar-refractivity contribution in [3.05, 3.63) is 41.3 Å². The molecule has 0 saturated carbocycles. The van der Waals surface area contributed by atoms with E-state index in [9.17, 15) is 14.4 Å². The fourth-order valence-corrected chi connectivity index (χ4v) is 2.95. The van der Waals surface area contributed by atoms with Crippen LogP contribution in [0.25, 0.3) is 0 Å². The van der Waals surface area contributed by atoms with Crippen LogP contribution in [0.5, 0.6) is 0 Å². The molecule has 2 heterocycles. The maximum Gasteiger partial charge on any atom is 0.344 e. The summed E-state index contributed by atoms with van der Waals surface area (Å²) < 4.78 is 10.6. The number of fused-ring (bicyclic) bond motifs is 1. The van der Waals surface area contributed by atoms with Crippen LogP contribution in [0.2, 0.25) is 0 Å². The summed E-state index contributed by atoms with van der Waals surface area (Å²) in [6.07, 6.45) is -1.08. The van der Waals surface area contributed by atoms with E-state index < -0.39 is 18.0 Å². The van der Waals surface area contributed by atoms with Crippen molar-refractivity contribution in [3.8, 4) is 0 Å². The summed E-state index contributed by atoms with van der Waals surface area (Å²) in [5, 5.41) is 6.53. The van der Waals surface area contributed by atoms with Crippen molar-refractivity contribution in [1.29, 1.82) is 0 Å². The zero-order chi connectivity index (χ0) is 19.7. The SMILES string of the molecule is Cc1noc(C(C)C)c1C(=O)O[C@@H](C)C(=O)N1CC(=O)Nc2ccccc21. The highest BCUT2D eigenvalue weighted by atomic mass is 16.5. The Labute approximate surface area is 156 Å². The molecule has 0 radical (unpaired) electrons. The molecular weight excluding hydrogens is 350 g/mol. The second-order valence-electron chi connectivity index (χ2n) is 6.70. The molecule has 1 aliphatic rings. The number of esters is 1. The van der Waals surface area contributed by atoms with Crippen LogP contribution in [0.3, 0.4) is 0 Å². The highest BCUT2D eigenvalue weighted by Crippen LogP contribution is 2.30. The molecule has 0 fully saturated rings. The number of amides is 2. The molecule has 8 heteroatoms. The molecule has 1 atom stereocenters. The van der Waals surface area contributed by atoms with E-state index in [0.29, 0.717) is 22.8 Å². The topological polar surface area (TPSA) is 102 Å². The summed E-state index contributed by atoms with van der Waals surface area (Å²) in [4.78, 5) is 38.7. The highest BCUT2D eigenvalue weighted by Gasteiger charge is 2.33. The Morgan fingerprint density at radius 2 is 1.96 bits per heavy atom. The first-order valence-corrected chi connectivity index (χ1v) is 8.67.